The average molecular weight is 326 g/mol. The summed E-state index contributed by atoms with van der Waals surface area (Å²) >= 11 is 0. The number of carbonyl (C=O) groups excluding carboxylic acids is 2. The van der Waals surface area contributed by atoms with Gasteiger partial charge in [0.25, 0.3) is 5.91 Å². The Labute approximate surface area is 137 Å². The first-order valence-electron chi connectivity index (χ1n) is 7.39. The first-order chi connectivity index (χ1) is 9.99. The van der Waals surface area contributed by atoms with Crippen LogP contribution in [0.1, 0.15) is 36.2 Å². The average Bonchev–Trinajstić information content (AvgIpc) is 2.44. The molecule has 1 aromatic carbocycles. The highest BCUT2D eigenvalue weighted by molar-refractivity contribution is 5.99. The van der Waals surface area contributed by atoms with Gasteiger partial charge in [-0.15, -0.1) is 12.4 Å². The third kappa shape index (κ3) is 4.37. The SMILES string of the molecule is CC(C)NC(=O)CN(C)C(=O)c1cccc2c1CCCN2.Cl. The van der Waals surface area contributed by atoms with E-state index in [1.807, 2.05) is 32.0 Å². The summed E-state index contributed by atoms with van der Waals surface area (Å²) < 4.78 is 0. The predicted molar refractivity (Wildman–Crippen MR) is 90.7 cm³/mol. The van der Waals surface area contributed by atoms with Crippen LogP contribution in [0.5, 0.6) is 0 Å². The number of nitrogens with zero attached hydrogens (tertiary/aromatic N) is 1. The van der Waals surface area contributed by atoms with Crippen molar-refractivity contribution in [3.8, 4) is 0 Å². The number of fused-ring (bicyclic) bond motifs is 1. The van der Waals surface area contributed by atoms with E-state index in [1.165, 1.54) is 4.90 Å². The van der Waals surface area contributed by atoms with Crippen molar-refractivity contribution in [3.05, 3.63) is 29.3 Å². The fourth-order valence-electron chi connectivity index (χ4n) is 2.57. The van der Waals surface area contributed by atoms with Crippen LogP contribution in [-0.4, -0.2) is 42.9 Å². The van der Waals surface area contributed by atoms with E-state index in [9.17, 15) is 9.59 Å². The summed E-state index contributed by atoms with van der Waals surface area (Å²) in [5.41, 5.74) is 2.79. The van der Waals surface area contributed by atoms with Crippen molar-refractivity contribution < 1.29 is 9.59 Å². The van der Waals surface area contributed by atoms with E-state index >= 15 is 0 Å². The maximum absolute atomic E-state index is 12.6. The molecule has 2 amide bonds. The molecule has 0 saturated heterocycles. The Bertz CT molecular complexity index is 546. The zero-order chi connectivity index (χ0) is 15.4. The molecule has 0 atom stereocenters. The molecule has 2 N–H and O–H groups in total. The highest BCUT2D eigenvalue weighted by Crippen LogP contribution is 2.25. The summed E-state index contributed by atoms with van der Waals surface area (Å²) in [7, 11) is 1.66. The van der Waals surface area contributed by atoms with E-state index in [0.29, 0.717) is 5.56 Å². The van der Waals surface area contributed by atoms with E-state index in [2.05, 4.69) is 10.6 Å². The molecule has 0 spiro atoms. The second-order valence-corrected chi connectivity index (χ2v) is 5.75. The molecule has 122 valence electrons. The molecule has 0 unspecified atom stereocenters. The fraction of sp³-hybridized carbons (Fsp3) is 0.500. The molecule has 0 aliphatic carbocycles. The van der Waals surface area contributed by atoms with Gasteiger partial charge in [-0.2, -0.15) is 0 Å². The number of anilines is 1. The third-order valence-electron chi connectivity index (χ3n) is 3.50. The molecular weight excluding hydrogens is 302 g/mol. The largest absolute Gasteiger partial charge is 0.385 e. The van der Waals surface area contributed by atoms with Crippen molar-refractivity contribution in [1.29, 1.82) is 0 Å². The Morgan fingerprint density at radius 3 is 2.77 bits per heavy atom. The summed E-state index contributed by atoms with van der Waals surface area (Å²) in [5.74, 6) is -0.238. The number of hydrogen-bond donors (Lipinski definition) is 2. The number of benzene rings is 1. The Morgan fingerprint density at radius 2 is 2.09 bits per heavy atom. The molecule has 2 rings (SSSR count). The first kappa shape index (κ1) is 18.3. The molecule has 0 saturated carbocycles. The summed E-state index contributed by atoms with van der Waals surface area (Å²) in [5, 5.41) is 6.11. The maximum atomic E-state index is 12.6. The van der Waals surface area contributed by atoms with E-state index in [4.69, 9.17) is 0 Å². The van der Waals surface area contributed by atoms with Gasteiger partial charge in [-0.05, 0) is 44.4 Å². The van der Waals surface area contributed by atoms with E-state index in [-0.39, 0.29) is 36.8 Å². The standard InChI is InChI=1S/C16H23N3O2.ClH/c1-11(2)18-15(20)10-19(3)16(21)13-6-4-8-14-12(13)7-5-9-17-14;/h4,6,8,11,17H,5,7,9-10H2,1-3H3,(H,18,20);1H. The van der Waals surface area contributed by atoms with Crippen molar-refractivity contribution in [2.45, 2.75) is 32.7 Å². The number of carbonyl (C=O) groups is 2. The lowest BCUT2D eigenvalue weighted by Crippen LogP contribution is -2.41. The van der Waals surface area contributed by atoms with Gasteiger partial charge in [0.2, 0.25) is 5.91 Å². The topological polar surface area (TPSA) is 61.4 Å². The van der Waals surface area contributed by atoms with Crippen molar-refractivity contribution in [3.63, 3.8) is 0 Å². The first-order valence-corrected chi connectivity index (χ1v) is 7.39. The van der Waals surface area contributed by atoms with Gasteiger partial charge in [0, 0.05) is 30.9 Å². The molecule has 1 aliphatic rings. The molecular formula is C16H24ClN3O2. The summed E-state index contributed by atoms with van der Waals surface area (Å²) in [4.78, 5) is 25.8. The monoisotopic (exact) mass is 325 g/mol. The Kier molecular flexibility index (Phi) is 6.68. The molecule has 1 aromatic rings. The van der Waals surface area contributed by atoms with Gasteiger partial charge in [-0.1, -0.05) is 6.07 Å². The fourth-order valence-corrected chi connectivity index (χ4v) is 2.57. The second-order valence-electron chi connectivity index (χ2n) is 5.75. The number of hydrogen-bond acceptors (Lipinski definition) is 3. The number of nitrogens with one attached hydrogen (secondary N) is 2. The lowest BCUT2D eigenvalue weighted by Gasteiger charge is -2.23. The van der Waals surface area contributed by atoms with Crippen molar-refractivity contribution in [2.75, 3.05) is 25.5 Å². The van der Waals surface area contributed by atoms with Crippen LogP contribution in [0.15, 0.2) is 18.2 Å². The zero-order valence-corrected chi connectivity index (χ0v) is 14.1. The minimum atomic E-state index is -0.135. The van der Waals surface area contributed by atoms with Crippen LogP contribution in [0.3, 0.4) is 0 Å². The molecule has 1 heterocycles. The highest BCUT2D eigenvalue weighted by Gasteiger charge is 2.21. The number of likely N-dealkylation sites (N-methyl/N-ethyl adjacent to an activating group) is 1. The van der Waals surface area contributed by atoms with Crippen LogP contribution in [-0.2, 0) is 11.2 Å². The lowest BCUT2D eigenvalue weighted by molar-refractivity contribution is -0.122. The molecule has 22 heavy (non-hydrogen) atoms. The van der Waals surface area contributed by atoms with Crippen LogP contribution >= 0.6 is 12.4 Å². The van der Waals surface area contributed by atoms with Gasteiger partial charge in [0.15, 0.2) is 0 Å². The molecule has 0 bridgehead atoms. The smallest absolute Gasteiger partial charge is 0.254 e. The number of halogens is 1. The van der Waals surface area contributed by atoms with Crippen LogP contribution in [0.4, 0.5) is 5.69 Å². The van der Waals surface area contributed by atoms with Gasteiger partial charge >= 0.3 is 0 Å². The van der Waals surface area contributed by atoms with Crippen LogP contribution in [0.2, 0.25) is 0 Å². The summed E-state index contributed by atoms with van der Waals surface area (Å²) in [6.07, 6.45) is 1.92. The molecule has 1 aliphatic heterocycles. The second kappa shape index (κ2) is 8.03. The highest BCUT2D eigenvalue weighted by atomic mass is 35.5. The Morgan fingerprint density at radius 1 is 1.36 bits per heavy atom. The van der Waals surface area contributed by atoms with E-state index in [0.717, 1.165) is 30.6 Å². The minimum Gasteiger partial charge on any atom is -0.385 e. The maximum Gasteiger partial charge on any atom is 0.254 e. The van der Waals surface area contributed by atoms with Gasteiger partial charge in [0.05, 0.1) is 6.54 Å². The number of rotatable bonds is 4. The molecule has 0 radical (unpaired) electrons. The van der Waals surface area contributed by atoms with Crippen molar-refractivity contribution >= 4 is 29.9 Å². The van der Waals surface area contributed by atoms with Crippen LogP contribution < -0.4 is 10.6 Å². The van der Waals surface area contributed by atoms with E-state index in [1.54, 1.807) is 7.05 Å². The third-order valence-corrected chi connectivity index (χ3v) is 3.50. The Balaban J connectivity index is 0.00000242. The normalized spacial score (nSPS) is 12.7. The number of amides is 2. The Hall–Kier alpha value is -1.75. The quantitative estimate of drug-likeness (QED) is 0.891. The molecule has 0 fully saturated rings. The van der Waals surface area contributed by atoms with Crippen molar-refractivity contribution in [1.82, 2.24) is 10.2 Å². The van der Waals surface area contributed by atoms with Crippen molar-refractivity contribution in [2.24, 2.45) is 0 Å². The van der Waals surface area contributed by atoms with Gasteiger partial charge in [0.1, 0.15) is 0 Å². The van der Waals surface area contributed by atoms with E-state index < -0.39 is 0 Å². The van der Waals surface area contributed by atoms with Crippen LogP contribution in [0, 0.1) is 0 Å². The van der Waals surface area contributed by atoms with Gasteiger partial charge in [-0.25, -0.2) is 0 Å². The molecule has 6 heteroatoms. The lowest BCUT2D eigenvalue weighted by atomic mass is 9.97. The summed E-state index contributed by atoms with van der Waals surface area (Å²) in [6, 6.07) is 5.79. The minimum absolute atomic E-state index is 0. The predicted octanol–water partition coefficient (Wildman–Crippen LogP) is 2.06. The molecule has 0 aromatic heterocycles. The van der Waals surface area contributed by atoms with Gasteiger partial charge in [-0.3, -0.25) is 9.59 Å². The zero-order valence-electron chi connectivity index (χ0n) is 13.3. The van der Waals surface area contributed by atoms with Crippen LogP contribution in [0.25, 0.3) is 0 Å². The summed E-state index contributed by atoms with van der Waals surface area (Å²) in [6.45, 7) is 4.82. The van der Waals surface area contributed by atoms with Gasteiger partial charge < -0.3 is 15.5 Å². The molecule has 5 nitrogen and oxygen atoms in total.